The van der Waals surface area contributed by atoms with Gasteiger partial charge in [0.05, 0.1) is 0 Å². The molecule has 1 aliphatic carbocycles. The number of hydrogen-bond acceptors (Lipinski definition) is 3. The highest BCUT2D eigenvalue weighted by molar-refractivity contribution is 5.96. The van der Waals surface area contributed by atoms with Crippen molar-refractivity contribution >= 4 is 11.9 Å². The van der Waals surface area contributed by atoms with E-state index < -0.39 is 6.04 Å². The number of esters is 1. The van der Waals surface area contributed by atoms with Crippen molar-refractivity contribution in [2.75, 3.05) is 0 Å². The first-order valence-electron chi connectivity index (χ1n) is 10.2. The van der Waals surface area contributed by atoms with Crippen LogP contribution >= 0.6 is 0 Å². The molecule has 0 heterocycles. The average Bonchev–Trinajstić information content (AvgIpc) is 2.73. The molecule has 0 aliphatic heterocycles. The lowest BCUT2D eigenvalue weighted by Gasteiger charge is -2.33. The zero-order valence-electron chi connectivity index (χ0n) is 16.6. The van der Waals surface area contributed by atoms with Crippen LogP contribution in [0.1, 0.15) is 61.4 Å². The number of carbonyl (C=O) groups excluding carboxylic acids is 2. The Balaban J connectivity index is 1.70. The maximum absolute atomic E-state index is 13.0. The minimum atomic E-state index is -0.661. The smallest absolute Gasteiger partial charge is 0.329 e. The molecule has 28 heavy (non-hydrogen) atoms. The highest BCUT2D eigenvalue weighted by Gasteiger charge is 2.33. The Bertz CT molecular complexity index is 773. The van der Waals surface area contributed by atoms with Crippen LogP contribution < -0.4 is 5.32 Å². The summed E-state index contributed by atoms with van der Waals surface area (Å²) in [5.74, 6) is -0.429. The number of benzene rings is 2. The van der Waals surface area contributed by atoms with Crippen molar-refractivity contribution in [1.29, 1.82) is 0 Å². The van der Waals surface area contributed by atoms with Crippen LogP contribution in [-0.2, 0) is 9.53 Å². The molecule has 1 saturated carbocycles. The fraction of sp³-hybridized carbons (Fsp3) is 0.417. The Morgan fingerprint density at radius 2 is 1.54 bits per heavy atom. The van der Waals surface area contributed by atoms with Crippen molar-refractivity contribution in [3.8, 4) is 0 Å². The van der Waals surface area contributed by atoms with Crippen molar-refractivity contribution in [2.24, 2.45) is 5.92 Å². The number of amides is 1. The molecule has 2 aromatic carbocycles. The van der Waals surface area contributed by atoms with Crippen LogP contribution in [0.2, 0.25) is 0 Å². The molecule has 0 saturated heterocycles. The van der Waals surface area contributed by atoms with Gasteiger partial charge < -0.3 is 10.1 Å². The zero-order chi connectivity index (χ0) is 19.9. The van der Waals surface area contributed by atoms with E-state index in [2.05, 4.69) is 17.4 Å². The van der Waals surface area contributed by atoms with Crippen LogP contribution in [0.25, 0.3) is 0 Å². The van der Waals surface area contributed by atoms with Crippen molar-refractivity contribution in [1.82, 2.24) is 5.32 Å². The number of hydrogen-bond donors (Lipinski definition) is 1. The Morgan fingerprint density at radius 1 is 0.929 bits per heavy atom. The summed E-state index contributed by atoms with van der Waals surface area (Å²) in [6.07, 6.45) is 3.95. The highest BCUT2D eigenvalue weighted by Crippen LogP contribution is 2.35. The summed E-state index contributed by atoms with van der Waals surface area (Å²) in [6.45, 7) is 3.85. The van der Waals surface area contributed by atoms with Gasteiger partial charge in [-0.05, 0) is 42.9 Å². The SMILES string of the molecule is CC(C)C(NC(=O)c1ccccc1)C(=O)O[C@H]1CCCC[C@@H]1c1ccccc1. The second kappa shape index (κ2) is 9.54. The van der Waals surface area contributed by atoms with Gasteiger partial charge in [-0.2, -0.15) is 0 Å². The van der Waals surface area contributed by atoms with Gasteiger partial charge in [-0.3, -0.25) is 4.79 Å². The molecule has 0 aromatic heterocycles. The molecule has 3 rings (SSSR count). The van der Waals surface area contributed by atoms with Gasteiger partial charge in [0.1, 0.15) is 12.1 Å². The Kier molecular flexibility index (Phi) is 6.85. The van der Waals surface area contributed by atoms with Crippen molar-refractivity contribution in [3.63, 3.8) is 0 Å². The predicted octanol–water partition coefficient (Wildman–Crippen LogP) is 4.71. The average molecular weight is 380 g/mol. The van der Waals surface area contributed by atoms with Crippen LogP contribution in [0.5, 0.6) is 0 Å². The summed E-state index contributed by atoms with van der Waals surface area (Å²) < 4.78 is 5.96. The number of nitrogens with one attached hydrogen (secondary N) is 1. The van der Waals surface area contributed by atoms with E-state index in [1.165, 1.54) is 5.56 Å². The standard InChI is InChI=1S/C24H29NO3/c1-17(2)22(25-23(26)19-13-7-4-8-14-19)24(27)28-21-16-10-9-15-20(21)18-11-5-3-6-12-18/h3-8,11-14,17,20-22H,9-10,15-16H2,1-2H3,(H,25,26)/t20-,21+,22?/m1/s1. The Labute approximate surface area is 167 Å². The van der Waals surface area contributed by atoms with Gasteiger partial charge in [-0.15, -0.1) is 0 Å². The molecule has 1 fully saturated rings. The summed E-state index contributed by atoms with van der Waals surface area (Å²) in [7, 11) is 0. The molecular formula is C24H29NO3. The summed E-state index contributed by atoms with van der Waals surface area (Å²) in [5.41, 5.74) is 1.76. The van der Waals surface area contributed by atoms with E-state index in [4.69, 9.17) is 4.74 Å². The fourth-order valence-electron chi connectivity index (χ4n) is 3.85. The van der Waals surface area contributed by atoms with Crippen molar-refractivity contribution in [3.05, 3.63) is 71.8 Å². The topological polar surface area (TPSA) is 55.4 Å². The normalized spacial score (nSPS) is 20.4. The number of ether oxygens (including phenoxy) is 1. The zero-order valence-corrected chi connectivity index (χ0v) is 16.6. The molecule has 1 amide bonds. The molecule has 1 unspecified atom stereocenters. The molecule has 0 spiro atoms. The van der Waals surface area contributed by atoms with Crippen LogP contribution in [0.15, 0.2) is 60.7 Å². The lowest BCUT2D eigenvalue weighted by molar-refractivity contribution is -0.155. The maximum Gasteiger partial charge on any atom is 0.329 e. The molecule has 2 aromatic rings. The van der Waals surface area contributed by atoms with E-state index in [0.29, 0.717) is 5.56 Å². The third-order valence-corrected chi connectivity index (χ3v) is 5.44. The molecule has 3 atom stereocenters. The fourth-order valence-corrected chi connectivity index (χ4v) is 3.85. The monoisotopic (exact) mass is 379 g/mol. The van der Waals surface area contributed by atoms with Gasteiger partial charge in [0.15, 0.2) is 0 Å². The van der Waals surface area contributed by atoms with E-state index in [-0.39, 0.29) is 29.8 Å². The lowest BCUT2D eigenvalue weighted by atomic mass is 9.81. The largest absolute Gasteiger partial charge is 0.460 e. The molecule has 148 valence electrons. The van der Waals surface area contributed by atoms with E-state index in [9.17, 15) is 9.59 Å². The highest BCUT2D eigenvalue weighted by atomic mass is 16.5. The minimum Gasteiger partial charge on any atom is -0.460 e. The van der Waals surface area contributed by atoms with E-state index >= 15 is 0 Å². The first kappa shape index (κ1) is 20.1. The van der Waals surface area contributed by atoms with Crippen molar-refractivity contribution in [2.45, 2.75) is 57.6 Å². The predicted molar refractivity (Wildman–Crippen MR) is 110 cm³/mol. The second-order valence-corrected chi connectivity index (χ2v) is 7.84. The quantitative estimate of drug-likeness (QED) is 0.740. The number of carbonyl (C=O) groups is 2. The molecule has 0 bridgehead atoms. The van der Waals surface area contributed by atoms with E-state index in [0.717, 1.165) is 25.7 Å². The van der Waals surface area contributed by atoms with Gasteiger partial charge in [0.25, 0.3) is 5.91 Å². The third-order valence-electron chi connectivity index (χ3n) is 5.44. The summed E-state index contributed by atoms with van der Waals surface area (Å²) in [6, 6.07) is 18.6. The van der Waals surface area contributed by atoms with Crippen LogP contribution in [0, 0.1) is 5.92 Å². The van der Waals surface area contributed by atoms with Gasteiger partial charge >= 0.3 is 5.97 Å². The van der Waals surface area contributed by atoms with Gasteiger partial charge in [0.2, 0.25) is 0 Å². The van der Waals surface area contributed by atoms with Gasteiger partial charge in [-0.1, -0.05) is 68.8 Å². The second-order valence-electron chi connectivity index (χ2n) is 7.84. The minimum absolute atomic E-state index is 0.0565. The van der Waals surface area contributed by atoms with Gasteiger partial charge in [0, 0.05) is 11.5 Å². The van der Waals surface area contributed by atoms with Gasteiger partial charge in [-0.25, -0.2) is 4.79 Å². The molecule has 4 nitrogen and oxygen atoms in total. The molecule has 1 aliphatic rings. The van der Waals surface area contributed by atoms with Crippen molar-refractivity contribution < 1.29 is 14.3 Å². The molecular weight excluding hydrogens is 350 g/mol. The van der Waals surface area contributed by atoms with Crippen LogP contribution in [0.3, 0.4) is 0 Å². The Morgan fingerprint density at radius 3 is 2.18 bits per heavy atom. The molecule has 0 radical (unpaired) electrons. The third kappa shape index (κ3) is 5.00. The van der Waals surface area contributed by atoms with Crippen LogP contribution in [-0.4, -0.2) is 24.0 Å². The molecule has 1 N–H and O–H groups in total. The van der Waals surface area contributed by atoms with E-state index in [1.807, 2.05) is 50.2 Å². The van der Waals surface area contributed by atoms with Crippen LogP contribution in [0.4, 0.5) is 0 Å². The lowest BCUT2D eigenvalue weighted by Crippen LogP contribution is -2.47. The first-order valence-corrected chi connectivity index (χ1v) is 10.2. The Hall–Kier alpha value is -2.62. The maximum atomic E-state index is 13.0. The summed E-state index contributed by atoms with van der Waals surface area (Å²) >= 11 is 0. The molecule has 4 heteroatoms. The first-order chi connectivity index (χ1) is 13.6. The summed E-state index contributed by atoms with van der Waals surface area (Å²) in [5, 5.41) is 2.86. The summed E-state index contributed by atoms with van der Waals surface area (Å²) in [4.78, 5) is 25.5. The number of rotatable bonds is 6. The van der Waals surface area contributed by atoms with E-state index in [1.54, 1.807) is 12.1 Å².